The summed E-state index contributed by atoms with van der Waals surface area (Å²) in [5.74, 6) is 0. The Hall–Kier alpha value is -1.84. The van der Waals surface area contributed by atoms with Crippen LogP contribution in [0.15, 0.2) is 54.6 Å². The molecular formula is C21H26N2O. The molecule has 0 saturated carbocycles. The van der Waals surface area contributed by atoms with Crippen molar-refractivity contribution in [3.05, 3.63) is 65.7 Å². The highest BCUT2D eigenvalue weighted by atomic mass is 16.5. The molecule has 3 heteroatoms. The van der Waals surface area contributed by atoms with Crippen molar-refractivity contribution in [2.75, 3.05) is 50.8 Å². The van der Waals surface area contributed by atoms with Crippen LogP contribution in [0.4, 0.5) is 5.69 Å². The van der Waals surface area contributed by atoms with Crippen LogP contribution in [0.1, 0.15) is 18.1 Å². The van der Waals surface area contributed by atoms with E-state index in [0.29, 0.717) is 0 Å². The van der Waals surface area contributed by atoms with Gasteiger partial charge < -0.3 is 9.64 Å². The van der Waals surface area contributed by atoms with Gasteiger partial charge in [-0.3, -0.25) is 4.90 Å². The highest BCUT2D eigenvalue weighted by Gasteiger charge is 2.39. The summed E-state index contributed by atoms with van der Waals surface area (Å²) in [7, 11) is 0. The molecule has 0 aromatic heterocycles. The Morgan fingerprint density at radius 1 is 0.917 bits per heavy atom. The van der Waals surface area contributed by atoms with Crippen LogP contribution in [0.25, 0.3) is 0 Å². The quantitative estimate of drug-likeness (QED) is 0.860. The van der Waals surface area contributed by atoms with Gasteiger partial charge >= 0.3 is 0 Å². The predicted octanol–water partition coefficient (Wildman–Crippen LogP) is 3.14. The molecule has 0 aliphatic carbocycles. The van der Waals surface area contributed by atoms with Gasteiger partial charge in [0.2, 0.25) is 0 Å². The summed E-state index contributed by atoms with van der Waals surface area (Å²) in [5.41, 5.74) is 4.34. The minimum atomic E-state index is 0.0723. The van der Waals surface area contributed by atoms with Crippen LogP contribution in [0.5, 0.6) is 0 Å². The first kappa shape index (κ1) is 15.7. The molecule has 2 aliphatic heterocycles. The standard InChI is InChI=1S/C21H26N2O/c1-21(18-7-3-2-4-8-18)17-23(20-10-6-5-9-19(20)21)12-11-22-13-15-24-16-14-22/h2-10H,11-17H2,1H3. The van der Waals surface area contributed by atoms with E-state index < -0.39 is 0 Å². The van der Waals surface area contributed by atoms with Crippen molar-refractivity contribution in [1.82, 2.24) is 4.90 Å². The summed E-state index contributed by atoms with van der Waals surface area (Å²) in [6.07, 6.45) is 0. The summed E-state index contributed by atoms with van der Waals surface area (Å²) < 4.78 is 5.46. The molecule has 1 atom stereocenters. The minimum Gasteiger partial charge on any atom is -0.379 e. The third-order valence-corrected chi connectivity index (χ3v) is 5.55. The maximum absolute atomic E-state index is 5.46. The second-order valence-electron chi connectivity index (χ2n) is 7.09. The van der Waals surface area contributed by atoms with Gasteiger partial charge in [-0.25, -0.2) is 0 Å². The normalized spacial score (nSPS) is 24.1. The molecule has 3 nitrogen and oxygen atoms in total. The number of hydrogen-bond donors (Lipinski definition) is 0. The molecule has 4 rings (SSSR count). The average Bonchev–Trinajstić information content (AvgIpc) is 2.96. The highest BCUT2D eigenvalue weighted by Crippen LogP contribution is 2.44. The van der Waals surface area contributed by atoms with Crippen molar-refractivity contribution in [2.45, 2.75) is 12.3 Å². The Bertz CT molecular complexity index is 681. The monoisotopic (exact) mass is 322 g/mol. The van der Waals surface area contributed by atoms with E-state index in [1.54, 1.807) is 0 Å². The summed E-state index contributed by atoms with van der Waals surface area (Å²) in [6.45, 7) is 9.51. The molecule has 1 fully saturated rings. The molecule has 24 heavy (non-hydrogen) atoms. The zero-order valence-corrected chi connectivity index (χ0v) is 14.4. The largest absolute Gasteiger partial charge is 0.379 e. The van der Waals surface area contributed by atoms with Crippen LogP contribution in [0.2, 0.25) is 0 Å². The Morgan fingerprint density at radius 3 is 2.42 bits per heavy atom. The number of ether oxygens (including phenoxy) is 1. The van der Waals surface area contributed by atoms with Gasteiger partial charge in [-0.1, -0.05) is 48.5 Å². The highest BCUT2D eigenvalue weighted by molar-refractivity contribution is 5.65. The number of rotatable bonds is 4. The topological polar surface area (TPSA) is 15.7 Å². The maximum Gasteiger partial charge on any atom is 0.0594 e. The first-order valence-electron chi connectivity index (χ1n) is 8.97. The second kappa shape index (κ2) is 6.58. The van der Waals surface area contributed by atoms with Crippen LogP contribution >= 0.6 is 0 Å². The van der Waals surface area contributed by atoms with Gasteiger partial charge in [-0.05, 0) is 24.1 Å². The molecule has 2 aliphatic rings. The Kier molecular flexibility index (Phi) is 4.30. The fraction of sp³-hybridized carbons (Fsp3) is 0.429. The van der Waals surface area contributed by atoms with Crippen LogP contribution < -0.4 is 4.90 Å². The van der Waals surface area contributed by atoms with E-state index in [2.05, 4.69) is 71.3 Å². The lowest BCUT2D eigenvalue weighted by Gasteiger charge is -2.31. The third-order valence-electron chi connectivity index (χ3n) is 5.55. The van der Waals surface area contributed by atoms with E-state index in [1.165, 1.54) is 16.8 Å². The first-order chi connectivity index (χ1) is 11.8. The van der Waals surface area contributed by atoms with Crippen LogP contribution in [0, 0.1) is 0 Å². The van der Waals surface area contributed by atoms with Gasteiger partial charge in [0.1, 0.15) is 0 Å². The number of hydrogen-bond acceptors (Lipinski definition) is 3. The van der Waals surface area contributed by atoms with Crippen molar-refractivity contribution < 1.29 is 4.74 Å². The number of para-hydroxylation sites is 1. The zero-order valence-electron chi connectivity index (χ0n) is 14.4. The Labute approximate surface area is 144 Å². The van der Waals surface area contributed by atoms with Crippen LogP contribution in [-0.4, -0.2) is 50.8 Å². The van der Waals surface area contributed by atoms with E-state index in [1.807, 2.05) is 0 Å². The van der Waals surface area contributed by atoms with E-state index in [9.17, 15) is 0 Å². The van der Waals surface area contributed by atoms with Crippen LogP contribution in [-0.2, 0) is 10.2 Å². The molecule has 0 spiro atoms. The van der Waals surface area contributed by atoms with Crippen molar-refractivity contribution in [1.29, 1.82) is 0 Å². The van der Waals surface area contributed by atoms with E-state index in [0.717, 1.165) is 45.9 Å². The number of anilines is 1. The molecule has 126 valence electrons. The Morgan fingerprint density at radius 2 is 1.62 bits per heavy atom. The van der Waals surface area contributed by atoms with E-state index in [4.69, 9.17) is 4.74 Å². The fourth-order valence-corrected chi connectivity index (χ4v) is 4.11. The Balaban J connectivity index is 1.57. The number of fused-ring (bicyclic) bond motifs is 1. The maximum atomic E-state index is 5.46. The predicted molar refractivity (Wildman–Crippen MR) is 98.8 cm³/mol. The SMILES string of the molecule is CC1(c2ccccc2)CN(CCN2CCOCC2)c2ccccc21. The number of morpholine rings is 1. The number of nitrogens with zero attached hydrogens (tertiary/aromatic N) is 2. The molecule has 2 aromatic carbocycles. The average molecular weight is 322 g/mol. The van der Waals surface area contributed by atoms with Gasteiger partial charge in [0.15, 0.2) is 0 Å². The summed E-state index contributed by atoms with van der Waals surface area (Å²) in [5, 5.41) is 0. The minimum absolute atomic E-state index is 0.0723. The molecule has 0 N–H and O–H groups in total. The van der Waals surface area contributed by atoms with Gasteiger partial charge in [-0.2, -0.15) is 0 Å². The van der Waals surface area contributed by atoms with Gasteiger partial charge in [-0.15, -0.1) is 0 Å². The van der Waals surface area contributed by atoms with Crippen molar-refractivity contribution in [3.8, 4) is 0 Å². The molecule has 1 unspecified atom stereocenters. The van der Waals surface area contributed by atoms with E-state index >= 15 is 0 Å². The summed E-state index contributed by atoms with van der Waals surface area (Å²) in [4.78, 5) is 5.09. The second-order valence-corrected chi connectivity index (χ2v) is 7.09. The van der Waals surface area contributed by atoms with Crippen LogP contribution in [0.3, 0.4) is 0 Å². The van der Waals surface area contributed by atoms with Gasteiger partial charge in [0.25, 0.3) is 0 Å². The van der Waals surface area contributed by atoms with Crippen molar-refractivity contribution in [3.63, 3.8) is 0 Å². The molecule has 0 amide bonds. The first-order valence-corrected chi connectivity index (χ1v) is 8.97. The zero-order chi connectivity index (χ0) is 16.4. The van der Waals surface area contributed by atoms with Gasteiger partial charge in [0, 0.05) is 43.8 Å². The molecule has 2 heterocycles. The van der Waals surface area contributed by atoms with E-state index in [-0.39, 0.29) is 5.41 Å². The van der Waals surface area contributed by atoms with Crippen molar-refractivity contribution >= 4 is 5.69 Å². The lowest BCUT2D eigenvalue weighted by atomic mass is 9.78. The molecule has 0 radical (unpaired) electrons. The summed E-state index contributed by atoms with van der Waals surface area (Å²) >= 11 is 0. The molecule has 0 bridgehead atoms. The smallest absolute Gasteiger partial charge is 0.0594 e. The fourth-order valence-electron chi connectivity index (χ4n) is 4.11. The number of benzene rings is 2. The molecule has 1 saturated heterocycles. The summed E-state index contributed by atoms with van der Waals surface area (Å²) in [6, 6.07) is 19.9. The third kappa shape index (κ3) is 2.83. The molecular weight excluding hydrogens is 296 g/mol. The lowest BCUT2D eigenvalue weighted by Crippen LogP contribution is -2.42. The lowest BCUT2D eigenvalue weighted by molar-refractivity contribution is 0.0392. The van der Waals surface area contributed by atoms with Crippen molar-refractivity contribution in [2.24, 2.45) is 0 Å². The molecule has 2 aromatic rings. The van der Waals surface area contributed by atoms with Gasteiger partial charge in [0.05, 0.1) is 13.2 Å².